The van der Waals surface area contributed by atoms with Gasteiger partial charge in [0.15, 0.2) is 0 Å². The van der Waals surface area contributed by atoms with Crippen molar-refractivity contribution < 1.29 is 18.0 Å². The topological polar surface area (TPSA) is 118 Å². The Bertz CT molecular complexity index is 977. The summed E-state index contributed by atoms with van der Waals surface area (Å²) in [7, 11) is -3.83. The van der Waals surface area contributed by atoms with Crippen LogP contribution in [-0.2, 0) is 21.4 Å². The van der Waals surface area contributed by atoms with Crippen molar-refractivity contribution in [2.45, 2.75) is 37.8 Å². The van der Waals surface area contributed by atoms with E-state index in [1.165, 1.54) is 12.1 Å². The minimum Gasteiger partial charge on any atom is -0.350 e. The summed E-state index contributed by atoms with van der Waals surface area (Å²) in [5.74, 6) is -0.844. The Morgan fingerprint density at radius 1 is 1.14 bits per heavy atom. The van der Waals surface area contributed by atoms with Crippen LogP contribution in [0.15, 0.2) is 53.4 Å². The Morgan fingerprint density at radius 2 is 1.79 bits per heavy atom. The van der Waals surface area contributed by atoms with Crippen molar-refractivity contribution >= 4 is 33.4 Å². The van der Waals surface area contributed by atoms with Crippen LogP contribution in [0.3, 0.4) is 0 Å². The van der Waals surface area contributed by atoms with Crippen molar-refractivity contribution in [3.63, 3.8) is 0 Å². The third-order valence-corrected chi connectivity index (χ3v) is 5.75. The van der Waals surface area contributed by atoms with Gasteiger partial charge < -0.3 is 10.6 Å². The van der Waals surface area contributed by atoms with Gasteiger partial charge in [0.2, 0.25) is 15.9 Å². The van der Waals surface area contributed by atoms with E-state index in [9.17, 15) is 18.0 Å². The highest BCUT2D eigenvalue weighted by Crippen LogP contribution is 2.13. The van der Waals surface area contributed by atoms with Crippen LogP contribution in [0.5, 0.6) is 0 Å². The van der Waals surface area contributed by atoms with Gasteiger partial charge in [-0.2, -0.15) is 0 Å². The number of halogens is 1. The lowest BCUT2D eigenvalue weighted by molar-refractivity contribution is -0.124. The number of carbonyl (C=O) groups excluding carboxylic acids is 2. The van der Waals surface area contributed by atoms with Crippen molar-refractivity contribution in [3.05, 3.63) is 64.7 Å². The molecule has 4 N–H and O–H groups in total. The smallest absolute Gasteiger partial charge is 0.251 e. The Hall–Kier alpha value is -2.42. The van der Waals surface area contributed by atoms with Crippen molar-refractivity contribution in [3.8, 4) is 0 Å². The molecule has 0 fully saturated rings. The van der Waals surface area contributed by atoms with Crippen LogP contribution >= 0.6 is 11.6 Å². The molecule has 2 amide bonds. The van der Waals surface area contributed by atoms with E-state index in [-0.39, 0.29) is 29.2 Å². The molecule has 2 aromatic rings. The van der Waals surface area contributed by atoms with Gasteiger partial charge >= 0.3 is 0 Å². The lowest BCUT2D eigenvalue weighted by atomic mass is 9.97. The molecule has 0 aromatic heterocycles. The summed E-state index contributed by atoms with van der Waals surface area (Å²) in [5.41, 5.74) is 0.980. The SMILES string of the molecule is CCC(C)C(NC(=O)c1ccc(Cl)cc1)C(=O)NCc1cccc(S(N)(=O)=O)c1. The minimum atomic E-state index is -3.83. The lowest BCUT2D eigenvalue weighted by Gasteiger charge is -2.23. The number of benzene rings is 2. The van der Waals surface area contributed by atoms with Crippen molar-refractivity contribution in [2.24, 2.45) is 11.1 Å². The van der Waals surface area contributed by atoms with Gasteiger partial charge in [-0.1, -0.05) is 44.0 Å². The molecule has 2 aromatic carbocycles. The van der Waals surface area contributed by atoms with Crippen molar-refractivity contribution in [1.29, 1.82) is 0 Å². The number of rotatable bonds is 8. The molecular weight excluding hydrogens is 414 g/mol. The molecule has 0 bridgehead atoms. The maximum Gasteiger partial charge on any atom is 0.251 e. The van der Waals surface area contributed by atoms with E-state index in [0.29, 0.717) is 22.6 Å². The van der Waals surface area contributed by atoms with Gasteiger partial charge in [-0.3, -0.25) is 9.59 Å². The standard InChI is InChI=1S/C20H24ClN3O4S/c1-3-13(2)18(24-19(25)15-7-9-16(21)10-8-15)20(26)23-12-14-5-4-6-17(11-14)29(22,27)28/h4-11,13,18H,3,12H2,1-2H3,(H,23,26)(H,24,25)(H2,22,27,28). The summed E-state index contributed by atoms with van der Waals surface area (Å²) in [6, 6.07) is 11.7. The number of amides is 2. The van der Waals surface area contributed by atoms with Crippen LogP contribution in [-0.4, -0.2) is 26.3 Å². The van der Waals surface area contributed by atoms with Gasteiger partial charge in [-0.15, -0.1) is 0 Å². The molecule has 156 valence electrons. The molecule has 2 atom stereocenters. The van der Waals surface area contributed by atoms with E-state index in [1.54, 1.807) is 36.4 Å². The molecule has 2 rings (SSSR count). The summed E-state index contributed by atoms with van der Waals surface area (Å²) in [4.78, 5) is 25.2. The number of nitrogens with one attached hydrogen (secondary N) is 2. The maximum absolute atomic E-state index is 12.7. The Morgan fingerprint density at radius 3 is 2.38 bits per heavy atom. The molecule has 29 heavy (non-hydrogen) atoms. The Balaban J connectivity index is 2.09. The average Bonchev–Trinajstić information content (AvgIpc) is 2.69. The zero-order chi connectivity index (χ0) is 21.6. The molecule has 0 saturated carbocycles. The fourth-order valence-electron chi connectivity index (χ4n) is 2.66. The molecule has 2 unspecified atom stereocenters. The highest BCUT2D eigenvalue weighted by molar-refractivity contribution is 7.89. The summed E-state index contributed by atoms with van der Waals surface area (Å²) in [5, 5.41) is 11.2. The molecule has 0 heterocycles. The minimum absolute atomic E-state index is 0.0289. The fraction of sp³-hybridized carbons (Fsp3) is 0.300. The van der Waals surface area contributed by atoms with E-state index < -0.39 is 16.1 Å². The van der Waals surface area contributed by atoms with Crippen LogP contribution < -0.4 is 15.8 Å². The number of hydrogen-bond acceptors (Lipinski definition) is 4. The summed E-state index contributed by atoms with van der Waals surface area (Å²) in [6.07, 6.45) is 0.680. The van der Waals surface area contributed by atoms with Crippen LogP contribution in [0.1, 0.15) is 36.2 Å². The van der Waals surface area contributed by atoms with E-state index in [4.69, 9.17) is 16.7 Å². The van der Waals surface area contributed by atoms with Crippen molar-refractivity contribution in [1.82, 2.24) is 10.6 Å². The van der Waals surface area contributed by atoms with Gasteiger partial charge in [-0.25, -0.2) is 13.6 Å². The van der Waals surface area contributed by atoms with Gasteiger partial charge in [0, 0.05) is 17.1 Å². The molecule has 0 spiro atoms. The van der Waals surface area contributed by atoms with Crippen LogP contribution in [0.2, 0.25) is 5.02 Å². The van der Waals surface area contributed by atoms with Gasteiger partial charge in [-0.05, 0) is 47.9 Å². The Labute approximate surface area is 175 Å². The van der Waals surface area contributed by atoms with Gasteiger partial charge in [0.1, 0.15) is 6.04 Å². The highest BCUT2D eigenvalue weighted by atomic mass is 35.5. The third kappa shape index (κ3) is 6.56. The molecule has 9 heteroatoms. The fourth-order valence-corrected chi connectivity index (χ4v) is 3.37. The van der Waals surface area contributed by atoms with Crippen LogP contribution in [0.25, 0.3) is 0 Å². The maximum atomic E-state index is 12.7. The molecule has 7 nitrogen and oxygen atoms in total. The summed E-state index contributed by atoms with van der Waals surface area (Å²) < 4.78 is 22.9. The van der Waals surface area contributed by atoms with E-state index in [2.05, 4.69) is 10.6 Å². The van der Waals surface area contributed by atoms with Crippen LogP contribution in [0, 0.1) is 5.92 Å². The first-order valence-electron chi connectivity index (χ1n) is 9.07. The lowest BCUT2D eigenvalue weighted by Crippen LogP contribution is -2.50. The summed E-state index contributed by atoms with van der Waals surface area (Å²) in [6.45, 7) is 3.90. The monoisotopic (exact) mass is 437 g/mol. The predicted octanol–water partition coefficient (Wildman–Crippen LogP) is 2.45. The molecule has 0 radical (unpaired) electrons. The first-order valence-corrected chi connectivity index (χ1v) is 11.0. The number of primary sulfonamides is 1. The second kappa shape index (κ2) is 9.87. The van der Waals surface area contributed by atoms with E-state index in [1.807, 2.05) is 13.8 Å². The number of sulfonamides is 1. The zero-order valence-corrected chi connectivity index (χ0v) is 17.8. The quantitative estimate of drug-likeness (QED) is 0.587. The molecule has 0 aliphatic heterocycles. The molecular formula is C20H24ClN3O4S. The number of nitrogens with two attached hydrogens (primary N) is 1. The summed E-state index contributed by atoms with van der Waals surface area (Å²) >= 11 is 5.84. The van der Waals surface area contributed by atoms with Gasteiger partial charge in [0.05, 0.1) is 4.90 Å². The normalized spacial score (nSPS) is 13.4. The van der Waals surface area contributed by atoms with Crippen LogP contribution in [0.4, 0.5) is 0 Å². The zero-order valence-electron chi connectivity index (χ0n) is 16.2. The van der Waals surface area contributed by atoms with Crippen molar-refractivity contribution in [2.75, 3.05) is 0 Å². The molecule has 0 aliphatic carbocycles. The average molecular weight is 438 g/mol. The predicted molar refractivity (Wildman–Crippen MR) is 112 cm³/mol. The number of hydrogen-bond donors (Lipinski definition) is 3. The second-order valence-electron chi connectivity index (χ2n) is 6.75. The largest absolute Gasteiger partial charge is 0.350 e. The Kier molecular flexibility index (Phi) is 7.78. The highest BCUT2D eigenvalue weighted by Gasteiger charge is 2.26. The second-order valence-corrected chi connectivity index (χ2v) is 8.75. The first kappa shape index (κ1) is 22.9. The molecule has 0 saturated heterocycles. The van der Waals surface area contributed by atoms with E-state index in [0.717, 1.165) is 0 Å². The first-order chi connectivity index (χ1) is 13.6. The molecule has 0 aliphatic rings. The van der Waals surface area contributed by atoms with Gasteiger partial charge in [0.25, 0.3) is 5.91 Å². The van der Waals surface area contributed by atoms with E-state index >= 15 is 0 Å². The third-order valence-electron chi connectivity index (χ3n) is 4.58. The number of carbonyl (C=O) groups is 2.